The lowest BCUT2D eigenvalue weighted by Crippen LogP contribution is -1.94. The van der Waals surface area contributed by atoms with Crippen molar-refractivity contribution in [3.8, 4) is 0 Å². The van der Waals surface area contributed by atoms with Gasteiger partial charge in [-0.1, -0.05) is 17.7 Å². The molecule has 82 valence electrons. The van der Waals surface area contributed by atoms with Crippen LogP contribution < -0.4 is 0 Å². The van der Waals surface area contributed by atoms with E-state index in [-0.39, 0.29) is 6.42 Å². The lowest BCUT2D eigenvalue weighted by atomic mass is 10.2. The number of carbonyl (C=O) groups is 1. The number of carboxylic acid groups (broad SMARTS) is 1. The minimum absolute atomic E-state index is 0.260. The predicted octanol–water partition coefficient (Wildman–Crippen LogP) is 3.69. The van der Waals surface area contributed by atoms with Gasteiger partial charge < -0.3 is 5.11 Å². The summed E-state index contributed by atoms with van der Waals surface area (Å²) in [5.41, 5.74) is 0. The quantitative estimate of drug-likeness (QED) is 0.613. The molecular formula is C11H13ClO2S. The van der Waals surface area contributed by atoms with Crippen molar-refractivity contribution >= 4 is 29.3 Å². The standard InChI is InChI=1S/C11H13ClO2S/c12-9-4-3-5-10(8-9)15-7-2-1-6-11(13)14/h3-5,8H,1-2,6-7H2,(H,13,14). The molecule has 1 aromatic carbocycles. The Morgan fingerprint density at radius 1 is 1.40 bits per heavy atom. The van der Waals surface area contributed by atoms with Gasteiger partial charge in [0.25, 0.3) is 0 Å². The third-order valence-electron chi connectivity index (χ3n) is 1.85. The average molecular weight is 245 g/mol. The fourth-order valence-electron chi connectivity index (χ4n) is 1.13. The van der Waals surface area contributed by atoms with Gasteiger partial charge in [-0.25, -0.2) is 0 Å². The van der Waals surface area contributed by atoms with Crippen molar-refractivity contribution < 1.29 is 9.90 Å². The fourth-order valence-corrected chi connectivity index (χ4v) is 2.35. The van der Waals surface area contributed by atoms with E-state index in [0.29, 0.717) is 0 Å². The van der Waals surface area contributed by atoms with Crippen molar-refractivity contribution in [1.29, 1.82) is 0 Å². The smallest absolute Gasteiger partial charge is 0.303 e. The highest BCUT2D eigenvalue weighted by atomic mass is 35.5. The van der Waals surface area contributed by atoms with Crippen LogP contribution in [0.4, 0.5) is 0 Å². The molecule has 0 spiro atoms. The first-order valence-electron chi connectivity index (χ1n) is 4.78. The molecule has 0 fully saturated rings. The highest BCUT2D eigenvalue weighted by Gasteiger charge is 1.98. The van der Waals surface area contributed by atoms with Gasteiger partial charge in [0, 0.05) is 16.3 Å². The van der Waals surface area contributed by atoms with Gasteiger partial charge >= 0.3 is 5.97 Å². The molecule has 0 aliphatic rings. The van der Waals surface area contributed by atoms with Crippen molar-refractivity contribution in [2.24, 2.45) is 0 Å². The van der Waals surface area contributed by atoms with E-state index in [9.17, 15) is 4.79 Å². The van der Waals surface area contributed by atoms with E-state index in [1.807, 2.05) is 24.3 Å². The summed E-state index contributed by atoms with van der Waals surface area (Å²) in [7, 11) is 0. The molecule has 1 rings (SSSR count). The van der Waals surface area contributed by atoms with Gasteiger partial charge in [-0.3, -0.25) is 4.79 Å². The van der Waals surface area contributed by atoms with E-state index in [0.717, 1.165) is 28.5 Å². The normalized spacial score (nSPS) is 10.2. The maximum atomic E-state index is 10.3. The van der Waals surface area contributed by atoms with E-state index in [1.54, 1.807) is 11.8 Å². The van der Waals surface area contributed by atoms with Crippen molar-refractivity contribution in [3.05, 3.63) is 29.3 Å². The summed E-state index contributed by atoms with van der Waals surface area (Å²) in [6.07, 6.45) is 1.92. The molecule has 15 heavy (non-hydrogen) atoms. The molecule has 0 saturated heterocycles. The summed E-state index contributed by atoms with van der Waals surface area (Å²) in [5.74, 6) is 0.218. The van der Waals surface area contributed by atoms with Gasteiger partial charge in [0.2, 0.25) is 0 Å². The number of halogens is 1. The number of hydrogen-bond donors (Lipinski definition) is 1. The third-order valence-corrected chi connectivity index (χ3v) is 3.16. The monoisotopic (exact) mass is 244 g/mol. The molecule has 0 bridgehead atoms. The Bertz CT molecular complexity index is 328. The molecule has 0 aromatic heterocycles. The summed E-state index contributed by atoms with van der Waals surface area (Å²) < 4.78 is 0. The number of thioether (sulfide) groups is 1. The molecule has 0 saturated carbocycles. The highest BCUT2D eigenvalue weighted by Crippen LogP contribution is 2.22. The Balaban J connectivity index is 2.17. The molecule has 0 aliphatic carbocycles. The first-order chi connectivity index (χ1) is 7.18. The Kier molecular flexibility index (Phi) is 5.58. The van der Waals surface area contributed by atoms with Crippen LogP contribution in [0, 0.1) is 0 Å². The Morgan fingerprint density at radius 2 is 2.20 bits per heavy atom. The topological polar surface area (TPSA) is 37.3 Å². The highest BCUT2D eigenvalue weighted by molar-refractivity contribution is 7.99. The second-order valence-corrected chi connectivity index (χ2v) is 4.76. The molecule has 0 heterocycles. The van der Waals surface area contributed by atoms with Crippen molar-refractivity contribution in [2.75, 3.05) is 5.75 Å². The van der Waals surface area contributed by atoms with Crippen LogP contribution in [0.25, 0.3) is 0 Å². The average Bonchev–Trinajstić information content (AvgIpc) is 2.17. The number of unbranched alkanes of at least 4 members (excludes halogenated alkanes) is 1. The van der Waals surface area contributed by atoms with Crippen molar-refractivity contribution in [1.82, 2.24) is 0 Å². The van der Waals surface area contributed by atoms with Crippen LogP contribution in [0.1, 0.15) is 19.3 Å². The van der Waals surface area contributed by atoms with Crippen LogP contribution >= 0.6 is 23.4 Å². The number of aliphatic carboxylic acids is 1. The zero-order valence-corrected chi connectivity index (χ0v) is 9.85. The van der Waals surface area contributed by atoms with Crippen LogP contribution in [0.5, 0.6) is 0 Å². The lowest BCUT2D eigenvalue weighted by molar-refractivity contribution is -0.137. The minimum Gasteiger partial charge on any atom is -0.481 e. The van der Waals surface area contributed by atoms with E-state index >= 15 is 0 Å². The van der Waals surface area contributed by atoms with Crippen molar-refractivity contribution in [2.45, 2.75) is 24.2 Å². The summed E-state index contributed by atoms with van der Waals surface area (Å²) in [5, 5.41) is 9.18. The maximum Gasteiger partial charge on any atom is 0.303 e. The second kappa shape index (κ2) is 6.75. The van der Waals surface area contributed by atoms with E-state index in [4.69, 9.17) is 16.7 Å². The van der Waals surface area contributed by atoms with Gasteiger partial charge in [0.1, 0.15) is 0 Å². The SMILES string of the molecule is O=C(O)CCCCSc1cccc(Cl)c1. The molecular weight excluding hydrogens is 232 g/mol. The van der Waals surface area contributed by atoms with Gasteiger partial charge in [0.05, 0.1) is 0 Å². The number of carboxylic acids is 1. The Morgan fingerprint density at radius 3 is 2.87 bits per heavy atom. The molecule has 0 amide bonds. The first-order valence-corrected chi connectivity index (χ1v) is 6.15. The molecule has 4 heteroatoms. The van der Waals surface area contributed by atoms with E-state index in [2.05, 4.69) is 0 Å². The van der Waals surface area contributed by atoms with Gasteiger partial charge in [0.15, 0.2) is 0 Å². The van der Waals surface area contributed by atoms with E-state index in [1.165, 1.54) is 0 Å². The molecule has 1 N–H and O–H groups in total. The first kappa shape index (κ1) is 12.4. The molecule has 0 atom stereocenters. The molecule has 0 radical (unpaired) electrons. The van der Waals surface area contributed by atoms with Crippen molar-refractivity contribution in [3.63, 3.8) is 0 Å². The van der Waals surface area contributed by atoms with Gasteiger partial charge in [-0.2, -0.15) is 0 Å². The zero-order valence-electron chi connectivity index (χ0n) is 8.28. The maximum absolute atomic E-state index is 10.3. The van der Waals surface area contributed by atoms with Crippen LogP contribution in [0.15, 0.2) is 29.2 Å². The molecule has 2 nitrogen and oxygen atoms in total. The van der Waals surface area contributed by atoms with Crippen LogP contribution in [0.2, 0.25) is 5.02 Å². The fraction of sp³-hybridized carbons (Fsp3) is 0.364. The lowest BCUT2D eigenvalue weighted by Gasteiger charge is -2.01. The predicted molar refractivity (Wildman–Crippen MR) is 63.7 cm³/mol. The second-order valence-electron chi connectivity index (χ2n) is 3.16. The zero-order chi connectivity index (χ0) is 11.1. The van der Waals surface area contributed by atoms with Gasteiger partial charge in [-0.15, -0.1) is 11.8 Å². The largest absolute Gasteiger partial charge is 0.481 e. The Labute approximate surface area is 98.6 Å². The summed E-state index contributed by atoms with van der Waals surface area (Å²) >= 11 is 7.54. The minimum atomic E-state index is -0.720. The summed E-state index contributed by atoms with van der Waals surface area (Å²) in [4.78, 5) is 11.4. The molecule has 1 aromatic rings. The Hall–Kier alpha value is -0.670. The van der Waals surface area contributed by atoms with Crippen LogP contribution in [-0.4, -0.2) is 16.8 Å². The van der Waals surface area contributed by atoms with Crippen LogP contribution in [0.3, 0.4) is 0 Å². The molecule has 0 unspecified atom stereocenters. The van der Waals surface area contributed by atoms with E-state index < -0.39 is 5.97 Å². The third kappa shape index (κ3) is 5.70. The number of benzene rings is 1. The van der Waals surface area contributed by atoms with Crippen LogP contribution in [-0.2, 0) is 4.79 Å². The number of rotatable bonds is 6. The van der Waals surface area contributed by atoms with Gasteiger partial charge in [-0.05, 0) is 36.8 Å². The summed E-state index contributed by atoms with van der Waals surface area (Å²) in [6.45, 7) is 0. The number of hydrogen-bond acceptors (Lipinski definition) is 2. The molecule has 0 aliphatic heterocycles. The summed E-state index contributed by atoms with van der Waals surface area (Å²) in [6, 6.07) is 7.69.